The molecule has 2 rings (SSSR count). The smallest absolute Gasteiger partial charge is 0.120 e. The summed E-state index contributed by atoms with van der Waals surface area (Å²) in [4.78, 5) is 10.3. The van der Waals surface area contributed by atoms with Crippen molar-refractivity contribution < 1.29 is 9.63 Å². The van der Waals surface area contributed by atoms with Crippen molar-refractivity contribution in [1.82, 2.24) is 0 Å². The van der Waals surface area contributed by atoms with Gasteiger partial charge in [0.15, 0.2) is 0 Å². The van der Waals surface area contributed by atoms with E-state index in [4.69, 9.17) is 4.74 Å². The molecule has 0 fully saturated rings. The van der Waals surface area contributed by atoms with Crippen molar-refractivity contribution in [3.05, 3.63) is 54.6 Å². The van der Waals surface area contributed by atoms with Crippen LogP contribution < -0.4 is 15.3 Å². The average Bonchev–Trinajstić information content (AvgIpc) is 2.40. The predicted molar refractivity (Wildman–Crippen MR) is 78.2 cm³/mol. The van der Waals surface area contributed by atoms with Gasteiger partial charge in [0, 0.05) is 19.0 Å². The van der Waals surface area contributed by atoms with Gasteiger partial charge in [-0.2, -0.15) is 0 Å². The van der Waals surface area contributed by atoms with Gasteiger partial charge in [-0.25, -0.2) is 0 Å². The molecule has 0 bridgehead atoms. The summed E-state index contributed by atoms with van der Waals surface area (Å²) in [5, 5.41) is 1.87. The number of hydrogen-bond donors (Lipinski definition) is 1. The van der Waals surface area contributed by atoms with Crippen LogP contribution in [0.3, 0.4) is 0 Å². The molecule has 0 aromatic heterocycles. The summed E-state index contributed by atoms with van der Waals surface area (Å²) in [5.74, 6) is 0.808. The van der Waals surface area contributed by atoms with Crippen molar-refractivity contribution in [3.63, 3.8) is 0 Å². The van der Waals surface area contributed by atoms with Crippen LogP contribution in [-0.2, 0) is 0 Å². The van der Waals surface area contributed by atoms with E-state index in [-0.39, 0.29) is 8.41 Å². The van der Waals surface area contributed by atoms with E-state index in [2.05, 4.69) is 0 Å². The molecule has 0 saturated carbocycles. The molecule has 0 aliphatic rings. The van der Waals surface area contributed by atoms with E-state index in [0.717, 1.165) is 16.4 Å². The maximum atomic E-state index is 10.3. The summed E-state index contributed by atoms with van der Waals surface area (Å²) in [6.07, 6.45) is 0. The zero-order valence-electron chi connectivity index (χ0n) is 10.3. The van der Waals surface area contributed by atoms with Gasteiger partial charge in [0.2, 0.25) is 0 Å². The van der Waals surface area contributed by atoms with Gasteiger partial charge in [-0.1, -0.05) is 42.5 Å². The van der Waals surface area contributed by atoms with Crippen molar-refractivity contribution in [2.75, 3.05) is 6.61 Å². The second-order valence-corrected chi connectivity index (χ2v) is 5.23. The zero-order chi connectivity index (χ0) is 12.1. The third kappa shape index (κ3) is 3.59. The van der Waals surface area contributed by atoms with Gasteiger partial charge >= 0.3 is 0 Å². The van der Waals surface area contributed by atoms with Crippen LogP contribution in [0, 0.1) is 0 Å². The van der Waals surface area contributed by atoms with Crippen LogP contribution in [0.2, 0.25) is 0 Å². The van der Waals surface area contributed by atoms with E-state index in [1.165, 1.54) is 0 Å². The lowest BCUT2D eigenvalue weighted by Crippen LogP contribution is -2.11. The summed E-state index contributed by atoms with van der Waals surface area (Å²) in [6.45, 7) is 2.59. The summed E-state index contributed by atoms with van der Waals surface area (Å²) in [7, 11) is -1.28. The van der Waals surface area contributed by atoms with Crippen molar-refractivity contribution >= 4 is 27.2 Å². The Bertz CT molecular complexity index is 476. The molecule has 0 amide bonds. The summed E-state index contributed by atoms with van der Waals surface area (Å²) in [6, 6.07) is 17.4. The predicted octanol–water partition coefficient (Wildman–Crippen LogP) is 2.04. The monoisotopic (exact) mass is 257 g/mol. The molecule has 0 aliphatic carbocycles. The maximum absolute atomic E-state index is 10.3. The fourth-order valence-corrected chi connectivity index (χ4v) is 2.82. The summed E-state index contributed by atoms with van der Waals surface area (Å²) >= 11 is 0. The van der Waals surface area contributed by atoms with E-state index < -0.39 is 8.15 Å². The molecule has 1 N–H and O–H groups in total. The Morgan fingerprint density at radius 1 is 1.00 bits per heavy atom. The van der Waals surface area contributed by atoms with Gasteiger partial charge in [0.25, 0.3) is 0 Å². The normalized spacial score (nSPS) is 11.4. The number of benzene rings is 2. The van der Waals surface area contributed by atoms with Crippen LogP contribution in [0.1, 0.15) is 6.92 Å². The minimum Gasteiger partial charge on any atom is -0.494 e. The quantitative estimate of drug-likeness (QED) is 0.670. The van der Waals surface area contributed by atoms with Crippen LogP contribution >= 0.6 is 8.15 Å². The molecule has 91 valence electrons. The Balaban J connectivity index is 0.00000162. The van der Waals surface area contributed by atoms with Gasteiger partial charge < -0.3 is 9.63 Å². The molecule has 2 aromatic rings. The van der Waals surface area contributed by atoms with Crippen molar-refractivity contribution in [1.29, 1.82) is 0 Å². The van der Waals surface area contributed by atoms with Crippen LogP contribution in [0.25, 0.3) is 0 Å². The second-order valence-electron chi connectivity index (χ2n) is 3.58. The van der Waals surface area contributed by atoms with E-state index in [1.807, 2.05) is 61.5 Å². The number of rotatable bonds is 4. The first-order chi connectivity index (χ1) is 8.31. The van der Waals surface area contributed by atoms with E-state index in [0.29, 0.717) is 6.61 Å². The average molecular weight is 257 g/mol. The van der Waals surface area contributed by atoms with Gasteiger partial charge in [-0.05, 0) is 19.1 Å². The standard InChI is InChI=1S/C14H15O2P.B/c1-2-16-12-7-6-10-14(11-12)17(15)13-8-4-3-5-9-13;/h3-11,15H,2H2,1H3;. The van der Waals surface area contributed by atoms with E-state index in [9.17, 15) is 4.89 Å². The summed E-state index contributed by atoms with van der Waals surface area (Å²) < 4.78 is 5.43. The molecule has 3 radical (unpaired) electrons. The molecule has 18 heavy (non-hydrogen) atoms. The molecule has 0 aliphatic heterocycles. The Morgan fingerprint density at radius 2 is 1.67 bits per heavy atom. The van der Waals surface area contributed by atoms with Crippen molar-refractivity contribution in [3.8, 4) is 5.75 Å². The highest BCUT2D eigenvalue weighted by atomic mass is 31.1. The van der Waals surface area contributed by atoms with Gasteiger partial charge in [0.05, 0.1) is 14.8 Å². The van der Waals surface area contributed by atoms with Crippen LogP contribution in [0.4, 0.5) is 0 Å². The van der Waals surface area contributed by atoms with Crippen LogP contribution in [0.15, 0.2) is 54.6 Å². The number of hydrogen-bond acceptors (Lipinski definition) is 2. The fraction of sp³-hybridized carbons (Fsp3) is 0.143. The van der Waals surface area contributed by atoms with Crippen LogP contribution in [-0.4, -0.2) is 19.9 Å². The SMILES string of the molecule is CCOc1cccc(P(O)c2ccccc2)c1.[B]. The van der Waals surface area contributed by atoms with Gasteiger partial charge in [-0.3, -0.25) is 0 Å². The highest BCUT2D eigenvalue weighted by Gasteiger charge is 2.10. The topological polar surface area (TPSA) is 29.5 Å². The van der Waals surface area contributed by atoms with Gasteiger partial charge in [-0.15, -0.1) is 0 Å². The third-order valence-electron chi connectivity index (χ3n) is 2.37. The summed E-state index contributed by atoms with van der Waals surface area (Å²) in [5.41, 5.74) is 0. The van der Waals surface area contributed by atoms with Crippen molar-refractivity contribution in [2.45, 2.75) is 6.92 Å². The molecule has 0 heterocycles. The minimum atomic E-state index is -1.28. The lowest BCUT2D eigenvalue weighted by Gasteiger charge is -2.12. The molecule has 4 heteroatoms. The number of ether oxygens (including phenoxy) is 1. The first-order valence-corrected chi connectivity index (χ1v) is 6.87. The first-order valence-electron chi connectivity index (χ1n) is 5.58. The molecule has 2 aromatic carbocycles. The highest BCUT2D eigenvalue weighted by molar-refractivity contribution is 7.67. The lowest BCUT2D eigenvalue weighted by molar-refractivity contribution is 0.340. The molecule has 1 unspecified atom stereocenters. The molecular formula is C14H15BO2P. The largest absolute Gasteiger partial charge is 0.494 e. The zero-order valence-corrected chi connectivity index (χ0v) is 11.2. The molecule has 0 spiro atoms. The van der Waals surface area contributed by atoms with Gasteiger partial charge in [0.1, 0.15) is 5.75 Å². The minimum absolute atomic E-state index is 0. The van der Waals surface area contributed by atoms with E-state index >= 15 is 0 Å². The maximum Gasteiger partial charge on any atom is 0.120 e. The molecule has 0 saturated heterocycles. The van der Waals surface area contributed by atoms with E-state index in [1.54, 1.807) is 0 Å². The molecular weight excluding hydrogens is 242 g/mol. The molecule has 2 nitrogen and oxygen atoms in total. The fourth-order valence-electron chi connectivity index (χ4n) is 1.59. The Hall–Kier alpha value is -1.31. The Labute approximate surface area is 111 Å². The second kappa shape index (κ2) is 7.20. The lowest BCUT2D eigenvalue weighted by atomic mass is 10.3. The Morgan fingerprint density at radius 3 is 2.33 bits per heavy atom. The molecule has 1 atom stereocenters. The first kappa shape index (κ1) is 14.8. The Kier molecular flexibility index (Phi) is 5.90. The van der Waals surface area contributed by atoms with Crippen LogP contribution in [0.5, 0.6) is 5.75 Å². The third-order valence-corrected chi connectivity index (χ3v) is 3.93. The van der Waals surface area contributed by atoms with Crippen molar-refractivity contribution in [2.24, 2.45) is 0 Å². The highest BCUT2D eigenvalue weighted by Crippen LogP contribution is 2.28.